The summed E-state index contributed by atoms with van der Waals surface area (Å²) in [6.07, 6.45) is 3.46. The van der Waals surface area contributed by atoms with E-state index in [1.807, 2.05) is 60.9 Å². The number of nitrogens with zero attached hydrogens (tertiary/aromatic N) is 1. The lowest BCUT2D eigenvalue weighted by atomic mass is 10.2. The Labute approximate surface area is 187 Å². The highest BCUT2D eigenvalue weighted by molar-refractivity contribution is 8.18. The first kappa shape index (κ1) is 21.0. The van der Waals surface area contributed by atoms with E-state index in [2.05, 4.69) is 5.32 Å². The molecule has 1 fully saturated rings. The van der Waals surface area contributed by atoms with Crippen LogP contribution in [0.2, 0.25) is 0 Å². The van der Waals surface area contributed by atoms with Gasteiger partial charge in [0.15, 0.2) is 0 Å². The minimum absolute atomic E-state index is 0.219. The summed E-state index contributed by atoms with van der Waals surface area (Å²) in [5, 5.41) is 2.24. The smallest absolute Gasteiger partial charge is 0.294 e. The minimum atomic E-state index is -0.513. The predicted octanol–water partition coefficient (Wildman–Crippen LogP) is 5.34. The van der Waals surface area contributed by atoms with Crippen molar-refractivity contribution < 1.29 is 18.8 Å². The molecule has 0 saturated carbocycles. The Hall–Kier alpha value is -3.23. The second-order valence-electron chi connectivity index (χ2n) is 6.62. The zero-order chi connectivity index (χ0) is 21.8. The molecular weight excluding hydrogens is 432 g/mol. The molecule has 0 atom stereocenters. The quantitative estimate of drug-likeness (QED) is 0.403. The van der Waals surface area contributed by atoms with Gasteiger partial charge in [-0.15, -0.1) is 11.8 Å². The zero-order valence-electron chi connectivity index (χ0n) is 16.5. The van der Waals surface area contributed by atoms with Gasteiger partial charge in [-0.1, -0.05) is 36.4 Å². The van der Waals surface area contributed by atoms with E-state index < -0.39 is 17.1 Å². The number of amides is 3. The highest BCUT2D eigenvalue weighted by Crippen LogP contribution is 2.33. The van der Waals surface area contributed by atoms with E-state index in [0.29, 0.717) is 17.2 Å². The number of hydrogen-bond donors (Lipinski definition) is 1. The first-order chi connectivity index (χ1) is 15.0. The molecule has 0 unspecified atom stereocenters. The largest absolute Gasteiger partial charge is 0.457 e. The highest BCUT2D eigenvalue weighted by atomic mass is 32.2. The van der Waals surface area contributed by atoms with Crippen LogP contribution in [0.1, 0.15) is 5.76 Å². The molecule has 2 heterocycles. The fourth-order valence-corrected chi connectivity index (χ4v) is 4.28. The summed E-state index contributed by atoms with van der Waals surface area (Å²) >= 11 is 2.35. The van der Waals surface area contributed by atoms with Crippen LogP contribution in [0.4, 0.5) is 10.5 Å². The van der Waals surface area contributed by atoms with Crippen molar-refractivity contribution in [3.8, 4) is 11.3 Å². The monoisotopic (exact) mass is 450 g/mol. The summed E-state index contributed by atoms with van der Waals surface area (Å²) in [6, 6.07) is 20.5. The third kappa shape index (κ3) is 4.92. The molecule has 3 aromatic rings. The van der Waals surface area contributed by atoms with Gasteiger partial charge in [-0.05, 0) is 48.3 Å². The molecule has 3 amide bonds. The number of rotatable bonds is 6. The lowest BCUT2D eigenvalue weighted by Gasteiger charge is -2.12. The van der Waals surface area contributed by atoms with Gasteiger partial charge in [-0.25, -0.2) is 0 Å². The average Bonchev–Trinajstić information content (AvgIpc) is 3.35. The molecule has 2 aromatic carbocycles. The molecule has 156 valence electrons. The number of hydrogen-bond acceptors (Lipinski definition) is 6. The lowest BCUT2D eigenvalue weighted by molar-refractivity contribution is -0.127. The van der Waals surface area contributed by atoms with Gasteiger partial charge in [-0.2, -0.15) is 0 Å². The van der Waals surface area contributed by atoms with E-state index in [0.717, 1.165) is 27.1 Å². The standard InChI is InChI=1S/C23H18N2O4S2/c1-30-18-9-5-8-16(12-18)24-21(26)14-25-22(27)20(31-23(25)28)13-17-10-11-19(29-17)15-6-3-2-4-7-15/h2-13H,14H2,1H3,(H,24,26)/b20-13-. The van der Waals surface area contributed by atoms with Crippen molar-refractivity contribution in [1.29, 1.82) is 0 Å². The van der Waals surface area contributed by atoms with Gasteiger partial charge < -0.3 is 9.73 Å². The van der Waals surface area contributed by atoms with E-state index in [1.165, 1.54) is 6.08 Å². The summed E-state index contributed by atoms with van der Waals surface area (Å²) in [7, 11) is 0. The number of furan rings is 1. The maximum Gasteiger partial charge on any atom is 0.294 e. The molecular formula is C23H18N2O4S2. The number of anilines is 1. The second-order valence-corrected chi connectivity index (χ2v) is 8.49. The van der Waals surface area contributed by atoms with Gasteiger partial charge in [0.2, 0.25) is 5.91 Å². The maximum absolute atomic E-state index is 12.7. The summed E-state index contributed by atoms with van der Waals surface area (Å²) < 4.78 is 5.78. The van der Waals surface area contributed by atoms with Crippen LogP contribution in [0.3, 0.4) is 0 Å². The van der Waals surface area contributed by atoms with Crippen LogP contribution in [0.25, 0.3) is 17.4 Å². The van der Waals surface area contributed by atoms with Crippen LogP contribution in [-0.2, 0) is 9.59 Å². The van der Waals surface area contributed by atoms with Crippen molar-refractivity contribution in [2.24, 2.45) is 0 Å². The number of benzene rings is 2. The minimum Gasteiger partial charge on any atom is -0.457 e. The van der Waals surface area contributed by atoms with Crippen LogP contribution in [-0.4, -0.2) is 34.8 Å². The summed E-state index contributed by atoms with van der Waals surface area (Å²) in [5.74, 6) is 0.174. The SMILES string of the molecule is CSc1cccc(NC(=O)CN2C(=O)S/C(=C\c3ccc(-c4ccccc4)o3)C2=O)c1. The molecule has 31 heavy (non-hydrogen) atoms. The Kier molecular flexibility index (Phi) is 6.29. The number of thioether (sulfide) groups is 2. The molecule has 1 saturated heterocycles. The van der Waals surface area contributed by atoms with Gasteiger partial charge >= 0.3 is 0 Å². The van der Waals surface area contributed by atoms with Crippen molar-refractivity contribution in [2.75, 3.05) is 18.1 Å². The van der Waals surface area contributed by atoms with E-state index in [-0.39, 0.29) is 11.4 Å². The highest BCUT2D eigenvalue weighted by Gasteiger charge is 2.36. The topological polar surface area (TPSA) is 79.6 Å². The Morgan fingerprint density at radius 2 is 1.90 bits per heavy atom. The van der Waals surface area contributed by atoms with Crippen LogP contribution < -0.4 is 5.32 Å². The molecule has 0 spiro atoms. The van der Waals surface area contributed by atoms with E-state index in [9.17, 15) is 14.4 Å². The van der Waals surface area contributed by atoms with Crippen molar-refractivity contribution in [2.45, 2.75) is 4.90 Å². The predicted molar refractivity (Wildman–Crippen MR) is 124 cm³/mol. The fraction of sp³-hybridized carbons (Fsp3) is 0.0870. The number of carbonyl (C=O) groups excluding carboxylic acids is 3. The van der Waals surface area contributed by atoms with Gasteiger partial charge in [0, 0.05) is 22.2 Å². The van der Waals surface area contributed by atoms with Gasteiger partial charge in [0.05, 0.1) is 4.91 Å². The lowest BCUT2D eigenvalue weighted by Crippen LogP contribution is -2.36. The second kappa shape index (κ2) is 9.28. The summed E-state index contributed by atoms with van der Waals surface area (Å²) in [4.78, 5) is 39.5. The maximum atomic E-state index is 12.7. The molecule has 1 aliphatic rings. The number of nitrogens with one attached hydrogen (secondary N) is 1. The molecule has 4 rings (SSSR count). The Morgan fingerprint density at radius 1 is 1.10 bits per heavy atom. The molecule has 8 heteroatoms. The molecule has 1 aromatic heterocycles. The molecule has 6 nitrogen and oxygen atoms in total. The van der Waals surface area contributed by atoms with Gasteiger partial charge in [-0.3, -0.25) is 19.3 Å². The van der Waals surface area contributed by atoms with Crippen molar-refractivity contribution in [3.05, 3.63) is 77.4 Å². The zero-order valence-corrected chi connectivity index (χ0v) is 18.2. The van der Waals surface area contributed by atoms with E-state index in [1.54, 1.807) is 23.9 Å². The van der Waals surface area contributed by atoms with E-state index in [4.69, 9.17) is 4.42 Å². The van der Waals surface area contributed by atoms with Gasteiger partial charge in [0.25, 0.3) is 11.1 Å². The van der Waals surface area contributed by atoms with Crippen molar-refractivity contribution >= 4 is 52.3 Å². The van der Waals surface area contributed by atoms with Crippen molar-refractivity contribution in [1.82, 2.24) is 4.90 Å². The molecule has 1 N–H and O–H groups in total. The van der Waals surface area contributed by atoms with E-state index >= 15 is 0 Å². The number of carbonyl (C=O) groups is 3. The molecule has 0 bridgehead atoms. The normalized spacial score (nSPS) is 15.0. The fourth-order valence-electron chi connectivity index (χ4n) is 3.00. The molecule has 0 aliphatic carbocycles. The first-order valence-electron chi connectivity index (χ1n) is 9.38. The Balaban J connectivity index is 1.44. The molecule has 0 radical (unpaired) electrons. The first-order valence-corrected chi connectivity index (χ1v) is 11.4. The third-order valence-electron chi connectivity index (χ3n) is 4.49. The Morgan fingerprint density at radius 3 is 2.68 bits per heavy atom. The molecule has 1 aliphatic heterocycles. The third-order valence-corrected chi connectivity index (χ3v) is 6.12. The van der Waals surface area contributed by atoms with Crippen LogP contribution in [0.5, 0.6) is 0 Å². The van der Waals surface area contributed by atoms with Crippen molar-refractivity contribution in [3.63, 3.8) is 0 Å². The Bertz CT molecular complexity index is 1170. The van der Waals surface area contributed by atoms with Crippen LogP contribution in [0, 0.1) is 0 Å². The van der Waals surface area contributed by atoms with Crippen LogP contribution >= 0.6 is 23.5 Å². The average molecular weight is 451 g/mol. The van der Waals surface area contributed by atoms with Gasteiger partial charge in [0.1, 0.15) is 18.1 Å². The summed E-state index contributed by atoms with van der Waals surface area (Å²) in [5.41, 5.74) is 1.53. The summed E-state index contributed by atoms with van der Waals surface area (Å²) in [6.45, 7) is -0.348. The van der Waals surface area contributed by atoms with Crippen LogP contribution in [0.15, 0.2) is 80.9 Å². The number of imide groups is 1.